The Morgan fingerprint density at radius 2 is 2.00 bits per heavy atom. The summed E-state index contributed by atoms with van der Waals surface area (Å²) in [7, 11) is 0. The number of benzene rings is 2. The van der Waals surface area contributed by atoms with Gasteiger partial charge in [0.1, 0.15) is 0 Å². The maximum atomic E-state index is 4.67. The van der Waals surface area contributed by atoms with Gasteiger partial charge in [0, 0.05) is 17.4 Å². The molecule has 1 aliphatic heterocycles. The van der Waals surface area contributed by atoms with Crippen LogP contribution < -0.4 is 10.2 Å². The Labute approximate surface area is 141 Å². The third kappa shape index (κ3) is 2.69. The molecule has 0 saturated carbocycles. The zero-order chi connectivity index (χ0) is 16.5. The Kier molecular flexibility index (Phi) is 3.61. The van der Waals surface area contributed by atoms with E-state index in [1.54, 1.807) is 6.20 Å². The second-order valence-corrected chi connectivity index (χ2v) is 6.18. The summed E-state index contributed by atoms with van der Waals surface area (Å²) in [6.45, 7) is 4.26. The van der Waals surface area contributed by atoms with Gasteiger partial charge in [-0.1, -0.05) is 30.3 Å². The molecule has 0 aliphatic carbocycles. The third-order valence-corrected chi connectivity index (χ3v) is 4.27. The highest BCUT2D eigenvalue weighted by Crippen LogP contribution is 2.37. The van der Waals surface area contributed by atoms with Crippen LogP contribution in [0.15, 0.2) is 54.7 Å². The van der Waals surface area contributed by atoms with Crippen LogP contribution in [0.2, 0.25) is 0 Å². The first kappa shape index (κ1) is 14.6. The zero-order valence-corrected chi connectivity index (χ0v) is 13.8. The Bertz CT molecular complexity index is 877. The van der Waals surface area contributed by atoms with Gasteiger partial charge in [-0.25, -0.2) is 0 Å². The number of hydrogen-bond acceptors (Lipinski definition) is 5. The van der Waals surface area contributed by atoms with E-state index in [1.165, 1.54) is 16.8 Å². The highest BCUT2D eigenvalue weighted by Gasteiger charge is 2.28. The maximum Gasteiger partial charge on any atom is 0.249 e. The molecule has 1 N–H and O–H groups in total. The molecule has 0 bridgehead atoms. The van der Waals surface area contributed by atoms with E-state index in [4.69, 9.17) is 0 Å². The third-order valence-electron chi connectivity index (χ3n) is 4.27. The summed E-state index contributed by atoms with van der Waals surface area (Å²) in [5.41, 5.74) is 4.69. The van der Waals surface area contributed by atoms with Gasteiger partial charge in [-0.05, 0) is 49.6 Å². The van der Waals surface area contributed by atoms with Crippen molar-refractivity contribution in [3.63, 3.8) is 0 Å². The van der Waals surface area contributed by atoms with E-state index in [1.807, 2.05) is 12.1 Å². The lowest BCUT2D eigenvalue weighted by atomic mass is 10.1. The first-order valence-electron chi connectivity index (χ1n) is 8.11. The molecule has 3 aromatic rings. The lowest BCUT2D eigenvalue weighted by molar-refractivity contribution is 0.745. The molecule has 1 aliphatic rings. The van der Waals surface area contributed by atoms with E-state index in [0.717, 1.165) is 17.9 Å². The van der Waals surface area contributed by atoms with Crippen LogP contribution in [-0.2, 0) is 6.42 Å². The van der Waals surface area contributed by atoms with Gasteiger partial charge in [0.15, 0.2) is 5.82 Å². The van der Waals surface area contributed by atoms with Crippen molar-refractivity contribution in [3.8, 4) is 0 Å². The average Bonchev–Trinajstić information content (AvgIpc) is 2.91. The molecule has 1 atom stereocenters. The van der Waals surface area contributed by atoms with Crippen molar-refractivity contribution >= 4 is 23.1 Å². The van der Waals surface area contributed by atoms with Gasteiger partial charge >= 0.3 is 0 Å². The van der Waals surface area contributed by atoms with Crippen LogP contribution in [0.4, 0.5) is 23.1 Å². The maximum absolute atomic E-state index is 4.67. The van der Waals surface area contributed by atoms with Crippen molar-refractivity contribution < 1.29 is 0 Å². The molecule has 0 radical (unpaired) electrons. The van der Waals surface area contributed by atoms with E-state index < -0.39 is 0 Å². The van der Waals surface area contributed by atoms with E-state index in [2.05, 4.69) is 75.6 Å². The smallest absolute Gasteiger partial charge is 0.249 e. The summed E-state index contributed by atoms with van der Waals surface area (Å²) < 4.78 is 0. The van der Waals surface area contributed by atoms with Gasteiger partial charge < -0.3 is 10.2 Å². The molecule has 4 rings (SSSR count). The fraction of sp³-hybridized carbons (Fsp3) is 0.211. The normalized spacial score (nSPS) is 16.1. The van der Waals surface area contributed by atoms with Gasteiger partial charge in [0.05, 0.1) is 6.20 Å². The molecule has 1 unspecified atom stereocenters. The molecule has 0 fully saturated rings. The van der Waals surface area contributed by atoms with Gasteiger partial charge in [0.2, 0.25) is 5.95 Å². The standard InChI is InChI=1S/C19H19N5/c1-13-6-5-8-16(10-13)21-19-22-18(12-20-23-19)24-14(2)11-15-7-3-4-9-17(15)24/h3-10,12,14H,11H2,1-2H3,(H,21,22,23). The summed E-state index contributed by atoms with van der Waals surface area (Å²) in [4.78, 5) is 6.90. The molecule has 2 heterocycles. The summed E-state index contributed by atoms with van der Waals surface area (Å²) in [5.74, 6) is 1.33. The average molecular weight is 317 g/mol. The number of rotatable bonds is 3. The fourth-order valence-corrected chi connectivity index (χ4v) is 3.23. The second-order valence-electron chi connectivity index (χ2n) is 6.18. The summed E-state index contributed by atoms with van der Waals surface area (Å²) in [5, 5.41) is 11.5. The summed E-state index contributed by atoms with van der Waals surface area (Å²) in [6.07, 6.45) is 2.74. The van der Waals surface area contributed by atoms with E-state index in [-0.39, 0.29) is 0 Å². The molecular formula is C19H19N5. The van der Waals surface area contributed by atoms with E-state index in [9.17, 15) is 0 Å². The molecule has 5 nitrogen and oxygen atoms in total. The second kappa shape index (κ2) is 5.92. The summed E-state index contributed by atoms with van der Waals surface area (Å²) >= 11 is 0. The lowest BCUT2D eigenvalue weighted by Crippen LogP contribution is -2.25. The molecule has 24 heavy (non-hydrogen) atoms. The molecule has 1 aromatic heterocycles. The minimum atomic E-state index is 0.353. The monoisotopic (exact) mass is 317 g/mol. The van der Waals surface area contributed by atoms with Crippen LogP contribution in [0.1, 0.15) is 18.1 Å². The highest BCUT2D eigenvalue weighted by molar-refractivity contribution is 5.69. The predicted octanol–water partition coefficient (Wildman–Crippen LogP) is 4.01. The van der Waals surface area contributed by atoms with Gasteiger partial charge in [-0.3, -0.25) is 0 Å². The highest BCUT2D eigenvalue weighted by atomic mass is 15.3. The van der Waals surface area contributed by atoms with Crippen LogP contribution >= 0.6 is 0 Å². The molecule has 0 saturated heterocycles. The summed E-state index contributed by atoms with van der Waals surface area (Å²) in [6, 6.07) is 16.9. The quantitative estimate of drug-likeness (QED) is 0.791. The van der Waals surface area contributed by atoms with Crippen LogP contribution in [0, 0.1) is 6.92 Å². The Morgan fingerprint density at radius 1 is 1.12 bits per heavy atom. The molecule has 120 valence electrons. The van der Waals surface area contributed by atoms with Gasteiger partial charge in [0.25, 0.3) is 0 Å². The number of aryl methyl sites for hydroxylation is 1. The first-order chi connectivity index (χ1) is 11.7. The Morgan fingerprint density at radius 3 is 2.88 bits per heavy atom. The Hall–Kier alpha value is -2.95. The van der Waals surface area contributed by atoms with Gasteiger partial charge in [-0.15, -0.1) is 5.10 Å². The first-order valence-corrected chi connectivity index (χ1v) is 8.11. The predicted molar refractivity (Wildman–Crippen MR) is 96.0 cm³/mol. The van der Waals surface area contributed by atoms with Crippen molar-refractivity contribution in [2.24, 2.45) is 0 Å². The number of aromatic nitrogens is 3. The molecule has 0 spiro atoms. The van der Waals surface area contributed by atoms with Gasteiger partial charge in [-0.2, -0.15) is 10.1 Å². The van der Waals surface area contributed by atoms with Crippen LogP contribution in [-0.4, -0.2) is 21.2 Å². The number of anilines is 4. The van der Waals surface area contributed by atoms with Crippen molar-refractivity contribution in [1.82, 2.24) is 15.2 Å². The number of para-hydroxylation sites is 1. The molecular weight excluding hydrogens is 298 g/mol. The number of hydrogen-bond donors (Lipinski definition) is 1. The van der Waals surface area contributed by atoms with Crippen LogP contribution in [0.25, 0.3) is 0 Å². The van der Waals surface area contributed by atoms with Crippen LogP contribution in [0.3, 0.4) is 0 Å². The minimum absolute atomic E-state index is 0.353. The number of nitrogens with one attached hydrogen (secondary N) is 1. The SMILES string of the molecule is Cc1cccc(Nc2nncc(N3c4ccccc4CC3C)n2)c1. The zero-order valence-electron chi connectivity index (χ0n) is 13.8. The van der Waals surface area contributed by atoms with Crippen molar-refractivity contribution in [2.45, 2.75) is 26.3 Å². The van der Waals surface area contributed by atoms with Crippen LogP contribution in [0.5, 0.6) is 0 Å². The number of fused-ring (bicyclic) bond motifs is 1. The largest absolute Gasteiger partial charge is 0.323 e. The molecule has 2 aromatic carbocycles. The molecule has 0 amide bonds. The van der Waals surface area contributed by atoms with E-state index in [0.29, 0.717) is 12.0 Å². The molecule has 5 heteroatoms. The number of nitrogens with zero attached hydrogens (tertiary/aromatic N) is 4. The minimum Gasteiger partial charge on any atom is -0.323 e. The Balaban J connectivity index is 1.66. The fourth-order valence-electron chi connectivity index (χ4n) is 3.23. The van der Waals surface area contributed by atoms with Crippen molar-refractivity contribution in [1.29, 1.82) is 0 Å². The topological polar surface area (TPSA) is 53.9 Å². The van der Waals surface area contributed by atoms with E-state index >= 15 is 0 Å². The van der Waals surface area contributed by atoms with Crippen molar-refractivity contribution in [2.75, 3.05) is 10.2 Å². The lowest BCUT2D eigenvalue weighted by Gasteiger charge is -2.23. The van der Waals surface area contributed by atoms with Crippen molar-refractivity contribution in [3.05, 3.63) is 65.9 Å².